The van der Waals surface area contributed by atoms with Crippen LogP contribution in [0.4, 0.5) is 4.39 Å². The third-order valence-electron chi connectivity index (χ3n) is 4.13. The van der Waals surface area contributed by atoms with Gasteiger partial charge in [-0.3, -0.25) is 0 Å². The fourth-order valence-corrected chi connectivity index (χ4v) is 4.33. The fourth-order valence-electron chi connectivity index (χ4n) is 3.90. The number of hydrogen-bond acceptors (Lipinski definition) is 1. The monoisotopic (exact) mass is 341 g/mol. The van der Waals surface area contributed by atoms with E-state index in [4.69, 9.17) is 0 Å². The zero-order valence-corrected chi connectivity index (χ0v) is 14.5. The molecule has 1 aliphatic carbocycles. The fraction of sp³-hybridized carbons (Fsp3) is 0.647. The van der Waals surface area contributed by atoms with Gasteiger partial charge in [-0.2, -0.15) is 0 Å². The first-order valence-electron chi connectivity index (χ1n) is 7.34. The zero-order chi connectivity index (χ0) is 15.0. The second kappa shape index (κ2) is 5.76. The minimum Gasteiger partial charge on any atom is -0.310 e. The number of nitrogens with one attached hydrogen (secondary N) is 1. The van der Waals surface area contributed by atoms with E-state index in [0.29, 0.717) is 21.3 Å². The van der Waals surface area contributed by atoms with Crippen molar-refractivity contribution >= 4 is 15.9 Å². The molecule has 0 saturated heterocycles. The molecule has 3 heteroatoms. The van der Waals surface area contributed by atoms with Gasteiger partial charge in [-0.25, -0.2) is 4.39 Å². The maximum atomic E-state index is 13.2. The molecule has 0 atom stereocenters. The number of benzene rings is 1. The van der Waals surface area contributed by atoms with E-state index in [9.17, 15) is 4.39 Å². The summed E-state index contributed by atoms with van der Waals surface area (Å²) in [6, 6.07) is 5.78. The molecular formula is C17H25BrFN. The highest BCUT2D eigenvalue weighted by molar-refractivity contribution is 9.10. The molecule has 112 valence electrons. The van der Waals surface area contributed by atoms with Crippen LogP contribution in [0.15, 0.2) is 22.7 Å². The second-order valence-electron chi connectivity index (χ2n) is 7.74. The van der Waals surface area contributed by atoms with Crippen molar-refractivity contribution in [1.82, 2.24) is 5.32 Å². The van der Waals surface area contributed by atoms with Crippen LogP contribution in [0.3, 0.4) is 0 Å². The molecular weight excluding hydrogens is 317 g/mol. The maximum Gasteiger partial charge on any atom is 0.137 e. The summed E-state index contributed by atoms with van der Waals surface area (Å²) >= 11 is 3.25. The molecule has 2 rings (SSSR count). The predicted molar refractivity (Wildman–Crippen MR) is 86.1 cm³/mol. The summed E-state index contributed by atoms with van der Waals surface area (Å²) < 4.78 is 13.8. The van der Waals surface area contributed by atoms with Crippen molar-refractivity contribution in [3.05, 3.63) is 34.1 Å². The van der Waals surface area contributed by atoms with Crippen molar-refractivity contribution in [2.45, 2.75) is 59.5 Å². The number of hydrogen-bond donors (Lipinski definition) is 1. The summed E-state index contributed by atoms with van der Waals surface area (Å²) in [7, 11) is 0. The van der Waals surface area contributed by atoms with Gasteiger partial charge in [-0.1, -0.05) is 33.8 Å². The van der Waals surface area contributed by atoms with Gasteiger partial charge in [0.15, 0.2) is 0 Å². The lowest BCUT2D eigenvalue weighted by Gasteiger charge is -2.45. The molecule has 1 aromatic carbocycles. The van der Waals surface area contributed by atoms with Crippen LogP contribution >= 0.6 is 15.9 Å². The van der Waals surface area contributed by atoms with Gasteiger partial charge in [0.1, 0.15) is 5.82 Å². The smallest absolute Gasteiger partial charge is 0.137 e. The van der Waals surface area contributed by atoms with E-state index in [-0.39, 0.29) is 5.82 Å². The summed E-state index contributed by atoms with van der Waals surface area (Å²) in [6.45, 7) is 10.2. The highest BCUT2D eigenvalue weighted by atomic mass is 79.9. The van der Waals surface area contributed by atoms with Crippen LogP contribution in [0.2, 0.25) is 0 Å². The van der Waals surface area contributed by atoms with Crippen LogP contribution in [0.25, 0.3) is 0 Å². The van der Waals surface area contributed by atoms with Crippen molar-refractivity contribution in [3.8, 4) is 0 Å². The van der Waals surface area contributed by atoms with Gasteiger partial charge in [0.2, 0.25) is 0 Å². The molecule has 0 spiro atoms. The van der Waals surface area contributed by atoms with Crippen LogP contribution in [-0.4, -0.2) is 6.04 Å². The van der Waals surface area contributed by atoms with Crippen molar-refractivity contribution in [2.24, 2.45) is 10.8 Å². The van der Waals surface area contributed by atoms with Gasteiger partial charge < -0.3 is 5.32 Å². The maximum absolute atomic E-state index is 13.2. The highest BCUT2D eigenvalue weighted by Crippen LogP contribution is 2.45. The third-order valence-corrected chi connectivity index (χ3v) is 4.74. The summed E-state index contributed by atoms with van der Waals surface area (Å²) in [5.41, 5.74) is 1.91. The van der Waals surface area contributed by atoms with Crippen LogP contribution < -0.4 is 5.32 Å². The summed E-state index contributed by atoms with van der Waals surface area (Å²) in [5.74, 6) is -0.200. The van der Waals surface area contributed by atoms with Gasteiger partial charge in [0.25, 0.3) is 0 Å². The molecule has 0 unspecified atom stereocenters. The molecule has 1 aliphatic rings. The Kier molecular flexibility index (Phi) is 4.60. The number of halogens is 2. The molecule has 0 bridgehead atoms. The first kappa shape index (κ1) is 16.0. The molecule has 1 fully saturated rings. The van der Waals surface area contributed by atoms with Gasteiger partial charge in [0, 0.05) is 12.6 Å². The zero-order valence-electron chi connectivity index (χ0n) is 12.9. The van der Waals surface area contributed by atoms with E-state index in [1.165, 1.54) is 25.3 Å². The van der Waals surface area contributed by atoms with E-state index in [1.807, 2.05) is 12.1 Å². The SMILES string of the molecule is CC1(C)CC(NCc2ccc(F)c(Br)c2)CC(C)(C)C1. The van der Waals surface area contributed by atoms with E-state index in [2.05, 4.69) is 48.9 Å². The molecule has 1 nitrogen and oxygen atoms in total. The van der Waals surface area contributed by atoms with Crippen molar-refractivity contribution in [3.63, 3.8) is 0 Å². The first-order chi connectivity index (χ1) is 9.17. The number of rotatable bonds is 3. The van der Waals surface area contributed by atoms with Crippen LogP contribution in [0, 0.1) is 16.6 Å². The van der Waals surface area contributed by atoms with Crippen molar-refractivity contribution < 1.29 is 4.39 Å². The second-order valence-corrected chi connectivity index (χ2v) is 8.59. The highest BCUT2D eigenvalue weighted by Gasteiger charge is 2.38. The molecule has 1 N–H and O–H groups in total. The quantitative estimate of drug-likeness (QED) is 0.788. The normalized spacial score (nSPS) is 21.9. The Morgan fingerprint density at radius 3 is 2.35 bits per heavy atom. The molecule has 0 amide bonds. The minimum absolute atomic E-state index is 0.200. The molecule has 1 aromatic rings. The topological polar surface area (TPSA) is 12.0 Å². The third kappa shape index (κ3) is 4.29. The Balaban J connectivity index is 1.98. The molecule has 0 radical (unpaired) electrons. The van der Waals surface area contributed by atoms with E-state index >= 15 is 0 Å². The van der Waals surface area contributed by atoms with E-state index in [0.717, 1.165) is 12.1 Å². The molecule has 20 heavy (non-hydrogen) atoms. The van der Waals surface area contributed by atoms with E-state index in [1.54, 1.807) is 0 Å². The molecule has 0 aliphatic heterocycles. The van der Waals surface area contributed by atoms with Crippen LogP contribution in [0.5, 0.6) is 0 Å². The van der Waals surface area contributed by atoms with Gasteiger partial charge >= 0.3 is 0 Å². The van der Waals surface area contributed by atoms with Crippen molar-refractivity contribution in [1.29, 1.82) is 0 Å². The van der Waals surface area contributed by atoms with E-state index < -0.39 is 0 Å². The first-order valence-corrected chi connectivity index (χ1v) is 8.14. The summed E-state index contributed by atoms with van der Waals surface area (Å²) in [5, 5.41) is 3.65. The Morgan fingerprint density at radius 1 is 1.20 bits per heavy atom. The predicted octanol–water partition coefficient (Wildman–Crippen LogP) is 5.28. The Hall–Kier alpha value is -0.410. The van der Waals surface area contributed by atoms with Gasteiger partial charge in [-0.15, -0.1) is 0 Å². The van der Waals surface area contributed by atoms with Crippen LogP contribution in [0.1, 0.15) is 52.5 Å². The van der Waals surface area contributed by atoms with Gasteiger partial charge in [0.05, 0.1) is 4.47 Å². The average Bonchev–Trinajstić information content (AvgIpc) is 2.27. The standard InChI is InChI=1S/C17H25BrFN/c1-16(2)8-13(9-17(3,4)11-16)20-10-12-5-6-15(19)14(18)7-12/h5-7,13,20H,8-11H2,1-4H3. The lowest BCUT2D eigenvalue weighted by atomic mass is 9.63. The average molecular weight is 342 g/mol. The van der Waals surface area contributed by atoms with Crippen molar-refractivity contribution in [2.75, 3.05) is 0 Å². The molecule has 0 heterocycles. The molecule has 0 aromatic heterocycles. The summed E-state index contributed by atoms with van der Waals surface area (Å²) in [4.78, 5) is 0. The lowest BCUT2D eigenvalue weighted by Crippen LogP contribution is -2.43. The lowest BCUT2D eigenvalue weighted by molar-refractivity contribution is 0.0845. The Morgan fingerprint density at radius 2 is 1.80 bits per heavy atom. The van der Waals surface area contributed by atoms with Crippen LogP contribution in [-0.2, 0) is 6.54 Å². The van der Waals surface area contributed by atoms with Gasteiger partial charge in [-0.05, 0) is 63.7 Å². The minimum atomic E-state index is -0.200. The largest absolute Gasteiger partial charge is 0.310 e. The Bertz CT molecular complexity index is 466. The molecule has 1 saturated carbocycles. The Labute approximate surface area is 130 Å². The summed E-state index contributed by atoms with van der Waals surface area (Å²) in [6.07, 6.45) is 3.69.